The maximum absolute atomic E-state index is 3.56. The van der Waals surface area contributed by atoms with Crippen molar-refractivity contribution in [2.24, 2.45) is 5.92 Å². The average Bonchev–Trinajstić information content (AvgIpc) is 2.61. The first-order valence-corrected chi connectivity index (χ1v) is 8.18. The minimum Gasteiger partial charge on any atom is -0.313 e. The van der Waals surface area contributed by atoms with Gasteiger partial charge in [-0.2, -0.15) is 0 Å². The highest BCUT2D eigenvalue weighted by Crippen LogP contribution is 2.20. The van der Waals surface area contributed by atoms with Crippen LogP contribution < -0.4 is 5.32 Å². The van der Waals surface area contributed by atoms with E-state index in [0.717, 1.165) is 19.0 Å². The van der Waals surface area contributed by atoms with Crippen molar-refractivity contribution in [1.29, 1.82) is 0 Å². The van der Waals surface area contributed by atoms with Crippen LogP contribution in [0.4, 0.5) is 0 Å². The summed E-state index contributed by atoms with van der Waals surface area (Å²) >= 11 is 1.91. The molecule has 0 unspecified atom stereocenters. The minimum atomic E-state index is 0.868. The molecule has 1 nitrogen and oxygen atoms in total. The zero-order chi connectivity index (χ0) is 13.4. The van der Waals surface area contributed by atoms with Crippen LogP contribution in [0.3, 0.4) is 0 Å². The van der Waals surface area contributed by atoms with Gasteiger partial charge in [0.15, 0.2) is 0 Å². The lowest BCUT2D eigenvalue weighted by molar-refractivity contribution is 0.512. The summed E-state index contributed by atoms with van der Waals surface area (Å²) in [4.78, 5) is 2.90. The molecule has 1 N–H and O–H groups in total. The van der Waals surface area contributed by atoms with Gasteiger partial charge in [-0.15, -0.1) is 11.3 Å². The van der Waals surface area contributed by atoms with Crippen LogP contribution in [0.15, 0.2) is 6.07 Å². The van der Waals surface area contributed by atoms with Crippen LogP contribution in [0, 0.1) is 19.8 Å². The van der Waals surface area contributed by atoms with Gasteiger partial charge in [0.25, 0.3) is 0 Å². The lowest BCUT2D eigenvalue weighted by Crippen LogP contribution is -2.14. The van der Waals surface area contributed by atoms with Crippen LogP contribution in [0.5, 0.6) is 0 Å². The Hall–Kier alpha value is -0.340. The van der Waals surface area contributed by atoms with Crippen LogP contribution >= 0.6 is 11.3 Å². The Morgan fingerprint density at radius 2 is 1.83 bits per heavy atom. The zero-order valence-electron chi connectivity index (χ0n) is 12.5. The average molecular weight is 267 g/mol. The summed E-state index contributed by atoms with van der Waals surface area (Å²) in [6.45, 7) is 11.2. The molecule has 1 aromatic rings. The summed E-state index contributed by atoms with van der Waals surface area (Å²) in [6.07, 6.45) is 6.89. The van der Waals surface area contributed by atoms with E-state index in [1.165, 1.54) is 47.4 Å². The molecule has 0 amide bonds. The van der Waals surface area contributed by atoms with Crippen molar-refractivity contribution in [3.8, 4) is 0 Å². The van der Waals surface area contributed by atoms with Crippen LogP contribution in [-0.4, -0.2) is 6.54 Å². The van der Waals surface area contributed by atoms with Crippen molar-refractivity contribution in [3.05, 3.63) is 21.4 Å². The van der Waals surface area contributed by atoms with Crippen molar-refractivity contribution in [3.63, 3.8) is 0 Å². The second kappa shape index (κ2) is 8.71. The predicted octanol–water partition coefficient (Wildman–Crippen LogP) is 5.06. The maximum Gasteiger partial charge on any atom is 0.0216 e. The third kappa shape index (κ3) is 6.55. The van der Waals surface area contributed by atoms with E-state index < -0.39 is 0 Å². The SMILES string of the molecule is Cc1cc(CNCCCCCCC(C)C)c(C)s1. The van der Waals surface area contributed by atoms with Gasteiger partial charge in [0.2, 0.25) is 0 Å². The summed E-state index contributed by atoms with van der Waals surface area (Å²) in [7, 11) is 0. The standard InChI is InChI=1S/C16H29NS/c1-13(2)9-7-5-6-8-10-17-12-16-11-14(3)18-15(16)4/h11,13,17H,5-10,12H2,1-4H3. The van der Waals surface area contributed by atoms with E-state index in [-0.39, 0.29) is 0 Å². The van der Waals surface area contributed by atoms with E-state index in [1.54, 1.807) is 0 Å². The first-order chi connectivity index (χ1) is 8.59. The van der Waals surface area contributed by atoms with E-state index in [0.29, 0.717) is 0 Å². The number of hydrogen-bond acceptors (Lipinski definition) is 2. The highest BCUT2D eigenvalue weighted by Gasteiger charge is 2.01. The Kier molecular flexibility index (Phi) is 7.60. The molecule has 0 fully saturated rings. The van der Waals surface area contributed by atoms with Gasteiger partial charge in [-0.05, 0) is 44.4 Å². The summed E-state index contributed by atoms with van der Waals surface area (Å²) in [6, 6.07) is 2.32. The zero-order valence-corrected chi connectivity index (χ0v) is 13.3. The molecule has 1 rings (SSSR count). The molecule has 0 aliphatic rings. The van der Waals surface area contributed by atoms with Crippen molar-refractivity contribution in [2.45, 2.75) is 66.3 Å². The topological polar surface area (TPSA) is 12.0 Å². The highest BCUT2D eigenvalue weighted by molar-refractivity contribution is 7.12. The van der Waals surface area contributed by atoms with Crippen molar-refractivity contribution >= 4 is 11.3 Å². The molecule has 0 saturated heterocycles. The van der Waals surface area contributed by atoms with Gasteiger partial charge in [0.1, 0.15) is 0 Å². The molecule has 0 aromatic carbocycles. The summed E-state index contributed by atoms with van der Waals surface area (Å²) in [5.74, 6) is 0.868. The third-order valence-electron chi connectivity index (χ3n) is 3.34. The fourth-order valence-corrected chi connectivity index (χ4v) is 3.18. The molecule has 0 spiro atoms. The Morgan fingerprint density at radius 3 is 2.44 bits per heavy atom. The van der Waals surface area contributed by atoms with Crippen molar-refractivity contribution in [2.75, 3.05) is 6.54 Å². The van der Waals surface area contributed by atoms with Crippen LogP contribution in [-0.2, 0) is 6.54 Å². The second-order valence-electron chi connectivity index (χ2n) is 5.71. The van der Waals surface area contributed by atoms with Crippen molar-refractivity contribution in [1.82, 2.24) is 5.32 Å². The fraction of sp³-hybridized carbons (Fsp3) is 0.750. The molecule has 18 heavy (non-hydrogen) atoms. The third-order valence-corrected chi connectivity index (χ3v) is 4.35. The largest absolute Gasteiger partial charge is 0.313 e. The molecule has 0 aliphatic carbocycles. The number of rotatable bonds is 9. The maximum atomic E-state index is 3.56. The number of thiophene rings is 1. The van der Waals surface area contributed by atoms with Crippen molar-refractivity contribution < 1.29 is 0 Å². The molecule has 0 aliphatic heterocycles. The number of nitrogens with one attached hydrogen (secondary N) is 1. The van der Waals surface area contributed by atoms with E-state index in [9.17, 15) is 0 Å². The van der Waals surface area contributed by atoms with E-state index in [1.807, 2.05) is 11.3 Å². The van der Waals surface area contributed by atoms with Gasteiger partial charge in [-0.25, -0.2) is 0 Å². The van der Waals surface area contributed by atoms with Crippen LogP contribution in [0.2, 0.25) is 0 Å². The molecule has 0 radical (unpaired) electrons. The van der Waals surface area contributed by atoms with Gasteiger partial charge >= 0.3 is 0 Å². The molecule has 104 valence electrons. The Labute approximate surface area is 117 Å². The second-order valence-corrected chi connectivity index (χ2v) is 7.17. The Balaban J connectivity index is 1.97. The summed E-state index contributed by atoms with van der Waals surface area (Å²) in [5, 5.41) is 3.56. The molecular weight excluding hydrogens is 238 g/mol. The Bertz CT molecular complexity index is 328. The van der Waals surface area contributed by atoms with E-state index >= 15 is 0 Å². The van der Waals surface area contributed by atoms with Crippen LogP contribution in [0.25, 0.3) is 0 Å². The molecule has 1 heterocycles. The fourth-order valence-electron chi connectivity index (χ4n) is 2.24. The van der Waals surface area contributed by atoms with Gasteiger partial charge in [-0.1, -0.05) is 39.5 Å². The normalized spacial score (nSPS) is 11.4. The number of aryl methyl sites for hydroxylation is 2. The summed E-state index contributed by atoms with van der Waals surface area (Å²) in [5.41, 5.74) is 1.48. The van der Waals surface area contributed by atoms with Crippen LogP contribution in [0.1, 0.15) is 61.3 Å². The van der Waals surface area contributed by atoms with Gasteiger partial charge in [0, 0.05) is 16.3 Å². The minimum absolute atomic E-state index is 0.868. The lowest BCUT2D eigenvalue weighted by Gasteiger charge is -2.06. The van der Waals surface area contributed by atoms with Gasteiger partial charge < -0.3 is 5.32 Å². The molecule has 1 aromatic heterocycles. The van der Waals surface area contributed by atoms with E-state index in [4.69, 9.17) is 0 Å². The molecule has 2 heteroatoms. The van der Waals surface area contributed by atoms with Gasteiger partial charge in [-0.3, -0.25) is 0 Å². The summed E-state index contributed by atoms with van der Waals surface area (Å²) < 4.78 is 0. The Morgan fingerprint density at radius 1 is 1.11 bits per heavy atom. The molecule has 0 atom stereocenters. The molecule has 0 bridgehead atoms. The first kappa shape index (κ1) is 15.7. The first-order valence-electron chi connectivity index (χ1n) is 7.36. The lowest BCUT2D eigenvalue weighted by atomic mass is 10.0. The number of unbranched alkanes of at least 4 members (excludes halogenated alkanes) is 3. The van der Waals surface area contributed by atoms with E-state index in [2.05, 4.69) is 39.1 Å². The predicted molar refractivity (Wildman–Crippen MR) is 83.4 cm³/mol. The van der Waals surface area contributed by atoms with Gasteiger partial charge in [0.05, 0.1) is 0 Å². The molecular formula is C16H29NS. The quantitative estimate of drug-likeness (QED) is 0.617. The number of hydrogen-bond donors (Lipinski definition) is 1. The highest BCUT2D eigenvalue weighted by atomic mass is 32.1. The monoisotopic (exact) mass is 267 g/mol. The molecule has 0 saturated carbocycles. The smallest absolute Gasteiger partial charge is 0.0216 e.